The highest BCUT2D eigenvalue weighted by atomic mass is 35.5. The van der Waals surface area contributed by atoms with Crippen LogP contribution in [-0.2, 0) is 6.54 Å². The van der Waals surface area contributed by atoms with E-state index in [0.29, 0.717) is 16.6 Å². The molecule has 2 unspecified atom stereocenters. The Hall–Kier alpha value is -0.440. The van der Waals surface area contributed by atoms with Crippen molar-refractivity contribution in [3.63, 3.8) is 0 Å². The topological polar surface area (TPSA) is 21.3 Å². The molecule has 1 aromatic carbocycles. The fourth-order valence-corrected chi connectivity index (χ4v) is 3.30. The molecule has 2 rings (SSSR count). The molecule has 0 amide bonds. The van der Waals surface area contributed by atoms with E-state index in [1.165, 1.54) is 12.8 Å². The van der Waals surface area contributed by atoms with Gasteiger partial charge in [-0.15, -0.1) is 0 Å². The first kappa shape index (κ1) is 15.0. The van der Waals surface area contributed by atoms with Gasteiger partial charge in [0.05, 0.1) is 11.1 Å². The third kappa shape index (κ3) is 4.01. The molecule has 1 aromatic rings. The van der Waals surface area contributed by atoms with Gasteiger partial charge in [0.15, 0.2) is 0 Å². The van der Waals surface area contributed by atoms with Gasteiger partial charge in [-0.05, 0) is 44.4 Å². The third-order valence-corrected chi connectivity index (χ3v) is 4.12. The maximum atomic E-state index is 6.29. The number of nitrogens with one attached hydrogen (secondary N) is 1. The fraction of sp³-hybridized carbons (Fsp3) is 0.600. The van der Waals surface area contributed by atoms with Crippen LogP contribution in [0.5, 0.6) is 5.75 Å². The van der Waals surface area contributed by atoms with E-state index in [2.05, 4.69) is 12.2 Å². The summed E-state index contributed by atoms with van der Waals surface area (Å²) in [6.07, 6.45) is 5.04. The molecule has 0 aromatic heterocycles. The van der Waals surface area contributed by atoms with Crippen LogP contribution in [0.15, 0.2) is 12.1 Å². The van der Waals surface area contributed by atoms with Crippen molar-refractivity contribution in [1.82, 2.24) is 5.32 Å². The van der Waals surface area contributed by atoms with Crippen LogP contribution in [0.1, 0.15) is 38.2 Å². The van der Waals surface area contributed by atoms with Gasteiger partial charge < -0.3 is 10.1 Å². The summed E-state index contributed by atoms with van der Waals surface area (Å²) in [5, 5.41) is 4.39. The molecule has 106 valence electrons. The van der Waals surface area contributed by atoms with E-state index >= 15 is 0 Å². The van der Waals surface area contributed by atoms with Gasteiger partial charge in [-0.3, -0.25) is 0 Å². The molecule has 1 saturated carbocycles. The summed E-state index contributed by atoms with van der Waals surface area (Å²) in [5.41, 5.74) is 1.03. The average Bonchev–Trinajstić information content (AvgIpc) is 2.34. The number of hydrogen-bond acceptors (Lipinski definition) is 2. The van der Waals surface area contributed by atoms with Gasteiger partial charge in [0.2, 0.25) is 0 Å². The van der Waals surface area contributed by atoms with Crippen molar-refractivity contribution in [1.29, 1.82) is 0 Å². The van der Waals surface area contributed by atoms with Crippen molar-refractivity contribution < 1.29 is 4.74 Å². The number of halogens is 2. The highest BCUT2D eigenvalue weighted by Crippen LogP contribution is 2.36. The quantitative estimate of drug-likeness (QED) is 0.872. The summed E-state index contributed by atoms with van der Waals surface area (Å²) in [6.45, 7) is 2.99. The molecule has 0 radical (unpaired) electrons. The number of ether oxygens (including phenoxy) is 1. The minimum atomic E-state index is 0.276. The lowest BCUT2D eigenvalue weighted by molar-refractivity contribution is 0.128. The zero-order chi connectivity index (χ0) is 13.8. The maximum Gasteiger partial charge on any atom is 0.142 e. The predicted molar refractivity (Wildman–Crippen MR) is 81.3 cm³/mol. The van der Waals surface area contributed by atoms with Crippen LogP contribution in [0.3, 0.4) is 0 Å². The van der Waals surface area contributed by atoms with Crippen LogP contribution in [0, 0.1) is 5.92 Å². The van der Waals surface area contributed by atoms with Gasteiger partial charge in [0.25, 0.3) is 0 Å². The first-order valence-electron chi connectivity index (χ1n) is 6.89. The molecule has 19 heavy (non-hydrogen) atoms. The first-order chi connectivity index (χ1) is 9.10. The number of rotatable bonds is 4. The van der Waals surface area contributed by atoms with E-state index in [4.69, 9.17) is 27.9 Å². The van der Waals surface area contributed by atoms with Crippen molar-refractivity contribution in [2.45, 2.75) is 45.3 Å². The zero-order valence-electron chi connectivity index (χ0n) is 11.5. The lowest BCUT2D eigenvalue weighted by atomic mass is 9.88. The third-order valence-electron chi connectivity index (χ3n) is 3.63. The summed E-state index contributed by atoms with van der Waals surface area (Å²) >= 11 is 12.3. The zero-order valence-corrected chi connectivity index (χ0v) is 13.0. The SMILES string of the molecule is CNCc1cc(Cl)cc(Cl)c1OC1CCCC(C)C1. The average molecular weight is 302 g/mol. The standard InChI is InChI=1S/C15H21Cl2NO/c1-10-4-3-5-13(6-10)19-15-11(9-18-2)7-12(16)8-14(15)17/h7-8,10,13,18H,3-6,9H2,1-2H3. The number of hydrogen-bond donors (Lipinski definition) is 1. The van der Waals surface area contributed by atoms with E-state index in [9.17, 15) is 0 Å². The minimum Gasteiger partial charge on any atom is -0.489 e. The van der Waals surface area contributed by atoms with Crippen molar-refractivity contribution in [2.75, 3.05) is 7.05 Å². The predicted octanol–water partition coefficient (Wildman–Crippen LogP) is 4.67. The fourth-order valence-electron chi connectivity index (χ4n) is 2.72. The van der Waals surface area contributed by atoms with Crippen LogP contribution in [0.4, 0.5) is 0 Å². The summed E-state index contributed by atoms with van der Waals surface area (Å²) in [7, 11) is 1.90. The lowest BCUT2D eigenvalue weighted by Gasteiger charge is -2.28. The Balaban J connectivity index is 2.18. The smallest absolute Gasteiger partial charge is 0.142 e. The molecule has 1 aliphatic carbocycles. The molecule has 2 atom stereocenters. The largest absolute Gasteiger partial charge is 0.489 e. The second-order valence-electron chi connectivity index (χ2n) is 5.42. The first-order valence-corrected chi connectivity index (χ1v) is 7.65. The van der Waals surface area contributed by atoms with Crippen LogP contribution >= 0.6 is 23.2 Å². The molecule has 0 bridgehead atoms. The van der Waals surface area contributed by atoms with Gasteiger partial charge >= 0.3 is 0 Å². The van der Waals surface area contributed by atoms with E-state index in [0.717, 1.165) is 30.1 Å². The highest BCUT2D eigenvalue weighted by Gasteiger charge is 2.22. The molecule has 4 heteroatoms. The van der Waals surface area contributed by atoms with E-state index in [1.54, 1.807) is 6.07 Å². The molecule has 1 N–H and O–H groups in total. The van der Waals surface area contributed by atoms with Gasteiger partial charge in [-0.2, -0.15) is 0 Å². The summed E-state index contributed by atoms with van der Waals surface area (Å²) in [5.74, 6) is 1.53. The molecular weight excluding hydrogens is 281 g/mol. The molecule has 0 saturated heterocycles. The summed E-state index contributed by atoms with van der Waals surface area (Å²) in [4.78, 5) is 0. The van der Waals surface area contributed by atoms with Gasteiger partial charge in [0.1, 0.15) is 5.75 Å². The second-order valence-corrected chi connectivity index (χ2v) is 6.26. The molecule has 0 aliphatic heterocycles. The Bertz CT molecular complexity index is 436. The van der Waals surface area contributed by atoms with Crippen molar-refractivity contribution >= 4 is 23.2 Å². The van der Waals surface area contributed by atoms with Crippen molar-refractivity contribution in [3.8, 4) is 5.75 Å². The molecule has 1 aliphatic rings. The van der Waals surface area contributed by atoms with Crippen molar-refractivity contribution in [3.05, 3.63) is 27.7 Å². The Labute approximate surface area is 125 Å². The van der Waals surface area contributed by atoms with E-state index < -0.39 is 0 Å². The van der Waals surface area contributed by atoms with Crippen LogP contribution in [0.25, 0.3) is 0 Å². The van der Waals surface area contributed by atoms with Crippen LogP contribution in [-0.4, -0.2) is 13.2 Å². The molecule has 2 nitrogen and oxygen atoms in total. The molecule has 0 spiro atoms. The van der Waals surface area contributed by atoms with Gasteiger partial charge in [-0.1, -0.05) is 36.5 Å². The van der Waals surface area contributed by atoms with Gasteiger partial charge in [0, 0.05) is 17.1 Å². The molecule has 0 heterocycles. The van der Waals surface area contributed by atoms with E-state index in [1.807, 2.05) is 13.1 Å². The Kier molecular flexibility index (Phi) is 5.37. The Morgan fingerprint density at radius 1 is 1.32 bits per heavy atom. The number of benzene rings is 1. The Morgan fingerprint density at radius 3 is 2.79 bits per heavy atom. The Morgan fingerprint density at radius 2 is 2.11 bits per heavy atom. The van der Waals surface area contributed by atoms with Crippen molar-refractivity contribution in [2.24, 2.45) is 5.92 Å². The molecule has 1 fully saturated rings. The summed E-state index contributed by atoms with van der Waals surface area (Å²) in [6, 6.07) is 3.68. The monoisotopic (exact) mass is 301 g/mol. The van der Waals surface area contributed by atoms with Crippen LogP contribution < -0.4 is 10.1 Å². The molecular formula is C15H21Cl2NO. The minimum absolute atomic E-state index is 0.276. The summed E-state index contributed by atoms with van der Waals surface area (Å²) < 4.78 is 6.16. The van der Waals surface area contributed by atoms with E-state index in [-0.39, 0.29) is 6.10 Å². The normalized spacial score (nSPS) is 23.4. The van der Waals surface area contributed by atoms with Gasteiger partial charge in [-0.25, -0.2) is 0 Å². The maximum absolute atomic E-state index is 6.29. The lowest BCUT2D eigenvalue weighted by Crippen LogP contribution is -2.25. The highest BCUT2D eigenvalue weighted by molar-refractivity contribution is 6.35. The van der Waals surface area contributed by atoms with Crippen LogP contribution in [0.2, 0.25) is 10.0 Å². The second kappa shape index (κ2) is 6.83.